The predicted molar refractivity (Wildman–Crippen MR) is 95.1 cm³/mol. The zero-order valence-electron chi connectivity index (χ0n) is 14.8. The van der Waals surface area contributed by atoms with Crippen molar-refractivity contribution in [1.82, 2.24) is 34.8 Å². The highest BCUT2D eigenvalue weighted by Crippen LogP contribution is 2.34. The van der Waals surface area contributed by atoms with Crippen molar-refractivity contribution in [2.24, 2.45) is 5.92 Å². The topological polar surface area (TPSA) is 92.6 Å². The summed E-state index contributed by atoms with van der Waals surface area (Å²) in [5, 5.41) is 11.3. The summed E-state index contributed by atoms with van der Waals surface area (Å²) in [6.07, 6.45) is 6.02. The van der Waals surface area contributed by atoms with Crippen molar-refractivity contribution in [3.05, 3.63) is 48.3 Å². The van der Waals surface area contributed by atoms with E-state index in [1.54, 1.807) is 24.7 Å². The third-order valence-corrected chi connectivity index (χ3v) is 4.95. The number of hydrogen-bond acceptors (Lipinski definition) is 5. The number of carbonyl (C=O) groups is 1. The maximum atomic E-state index is 13.0. The van der Waals surface area contributed by atoms with Gasteiger partial charge in [-0.1, -0.05) is 20.3 Å². The number of fused-ring (bicyclic) bond motifs is 1. The number of amides is 1. The minimum Gasteiger partial charge on any atom is -0.325 e. The van der Waals surface area contributed by atoms with Crippen molar-refractivity contribution >= 4 is 5.91 Å². The molecule has 4 rings (SSSR count). The number of nitrogens with one attached hydrogen (secondary N) is 1. The van der Waals surface area contributed by atoms with Crippen molar-refractivity contribution in [3.63, 3.8) is 0 Å². The summed E-state index contributed by atoms with van der Waals surface area (Å²) < 4.78 is 1.93. The Morgan fingerprint density at radius 2 is 2.23 bits per heavy atom. The largest absolute Gasteiger partial charge is 0.325 e. The SMILES string of the molecule is CC[C@H](C)[C@H]1c2nc(-c3cccnc3)nn2CCN1C(=O)c1ccn[nH]1. The van der Waals surface area contributed by atoms with Gasteiger partial charge in [-0.05, 0) is 24.1 Å². The molecule has 0 fully saturated rings. The summed E-state index contributed by atoms with van der Waals surface area (Å²) >= 11 is 0. The molecule has 0 bridgehead atoms. The first-order valence-corrected chi connectivity index (χ1v) is 8.84. The van der Waals surface area contributed by atoms with Gasteiger partial charge in [0.1, 0.15) is 5.69 Å². The highest BCUT2D eigenvalue weighted by atomic mass is 16.2. The molecule has 3 aromatic heterocycles. The second-order valence-corrected chi connectivity index (χ2v) is 6.56. The third-order valence-electron chi connectivity index (χ3n) is 4.95. The fourth-order valence-corrected chi connectivity index (χ4v) is 3.38. The summed E-state index contributed by atoms with van der Waals surface area (Å²) in [6, 6.07) is 5.40. The number of carbonyl (C=O) groups excluding carboxylic acids is 1. The van der Waals surface area contributed by atoms with E-state index in [2.05, 4.69) is 34.1 Å². The Morgan fingerprint density at radius 3 is 2.92 bits per heavy atom. The smallest absolute Gasteiger partial charge is 0.272 e. The van der Waals surface area contributed by atoms with Gasteiger partial charge < -0.3 is 4.90 Å². The van der Waals surface area contributed by atoms with Gasteiger partial charge >= 0.3 is 0 Å². The third kappa shape index (κ3) is 2.77. The van der Waals surface area contributed by atoms with Crippen LogP contribution >= 0.6 is 0 Å². The van der Waals surface area contributed by atoms with Crippen LogP contribution in [0.15, 0.2) is 36.8 Å². The monoisotopic (exact) mass is 351 g/mol. The van der Waals surface area contributed by atoms with Crippen LogP contribution in [0, 0.1) is 5.92 Å². The molecule has 8 nitrogen and oxygen atoms in total. The normalized spacial score (nSPS) is 17.8. The Morgan fingerprint density at radius 1 is 1.35 bits per heavy atom. The van der Waals surface area contributed by atoms with Gasteiger partial charge in [-0.15, -0.1) is 0 Å². The number of aromatic amines is 1. The Balaban J connectivity index is 1.73. The lowest BCUT2D eigenvalue weighted by Crippen LogP contribution is -2.45. The maximum Gasteiger partial charge on any atom is 0.272 e. The lowest BCUT2D eigenvalue weighted by atomic mass is 9.95. The van der Waals surface area contributed by atoms with E-state index in [4.69, 9.17) is 4.98 Å². The van der Waals surface area contributed by atoms with Crippen LogP contribution in [0.1, 0.15) is 42.6 Å². The van der Waals surface area contributed by atoms with Crippen LogP contribution < -0.4 is 0 Å². The Kier molecular flexibility index (Phi) is 4.24. The molecule has 8 heteroatoms. The molecule has 2 atom stereocenters. The van der Waals surface area contributed by atoms with Crippen molar-refractivity contribution in [1.29, 1.82) is 0 Å². The predicted octanol–water partition coefficient (Wildman–Crippen LogP) is 2.31. The quantitative estimate of drug-likeness (QED) is 0.778. The molecular formula is C18H21N7O. The van der Waals surface area contributed by atoms with Crippen molar-refractivity contribution in [3.8, 4) is 11.4 Å². The minimum atomic E-state index is -0.123. The summed E-state index contributed by atoms with van der Waals surface area (Å²) in [5.74, 6) is 1.69. The molecule has 0 radical (unpaired) electrons. The van der Waals surface area contributed by atoms with E-state index < -0.39 is 0 Å². The van der Waals surface area contributed by atoms with Gasteiger partial charge in [0, 0.05) is 30.7 Å². The molecule has 3 aromatic rings. The average Bonchev–Trinajstić information content (AvgIpc) is 3.36. The van der Waals surface area contributed by atoms with Crippen molar-refractivity contribution in [2.45, 2.75) is 32.9 Å². The van der Waals surface area contributed by atoms with Gasteiger partial charge in [0.2, 0.25) is 0 Å². The molecule has 0 aliphatic carbocycles. The van der Waals surface area contributed by atoms with E-state index >= 15 is 0 Å². The van der Waals surface area contributed by atoms with Crippen LogP contribution in [0.3, 0.4) is 0 Å². The van der Waals surface area contributed by atoms with Crippen LogP contribution in [-0.2, 0) is 6.54 Å². The molecular weight excluding hydrogens is 330 g/mol. The highest BCUT2D eigenvalue weighted by Gasteiger charge is 2.37. The highest BCUT2D eigenvalue weighted by molar-refractivity contribution is 5.92. The molecule has 1 N–H and O–H groups in total. The molecule has 134 valence electrons. The number of hydrogen-bond donors (Lipinski definition) is 1. The van der Waals surface area contributed by atoms with Gasteiger partial charge in [0.25, 0.3) is 5.91 Å². The number of aromatic nitrogens is 6. The van der Waals surface area contributed by atoms with Crippen LogP contribution in [0.4, 0.5) is 0 Å². The first kappa shape index (κ1) is 16.4. The molecule has 0 unspecified atom stereocenters. The lowest BCUT2D eigenvalue weighted by molar-refractivity contribution is 0.0512. The van der Waals surface area contributed by atoms with Crippen LogP contribution in [0.25, 0.3) is 11.4 Å². The Bertz CT molecular complexity index is 888. The van der Waals surface area contributed by atoms with E-state index in [1.807, 2.05) is 21.7 Å². The zero-order valence-corrected chi connectivity index (χ0v) is 14.8. The zero-order chi connectivity index (χ0) is 18.1. The van der Waals surface area contributed by atoms with Gasteiger partial charge in [-0.2, -0.15) is 10.2 Å². The molecule has 0 spiro atoms. The van der Waals surface area contributed by atoms with Gasteiger partial charge in [-0.3, -0.25) is 14.9 Å². The fraction of sp³-hybridized carbons (Fsp3) is 0.389. The molecule has 0 saturated carbocycles. The summed E-state index contributed by atoms with van der Waals surface area (Å²) in [4.78, 5) is 23.8. The summed E-state index contributed by atoms with van der Waals surface area (Å²) in [5.41, 5.74) is 1.38. The van der Waals surface area contributed by atoms with Gasteiger partial charge in [-0.25, -0.2) is 9.67 Å². The molecule has 1 aliphatic rings. The first-order valence-electron chi connectivity index (χ1n) is 8.84. The van der Waals surface area contributed by atoms with Gasteiger partial charge in [0.15, 0.2) is 11.6 Å². The van der Waals surface area contributed by atoms with E-state index in [1.165, 1.54) is 0 Å². The summed E-state index contributed by atoms with van der Waals surface area (Å²) in [7, 11) is 0. The number of H-pyrrole nitrogens is 1. The van der Waals surface area contributed by atoms with Crippen LogP contribution in [0.5, 0.6) is 0 Å². The Hall–Kier alpha value is -3.03. The second-order valence-electron chi connectivity index (χ2n) is 6.56. The van der Waals surface area contributed by atoms with Crippen molar-refractivity contribution in [2.75, 3.05) is 6.54 Å². The van der Waals surface area contributed by atoms with Gasteiger partial charge in [0.05, 0.1) is 12.6 Å². The van der Waals surface area contributed by atoms with E-state index in [-0.39, 0.29) is 17.9 Å². The number of rotatable bonds is 4. The van der Waals surface area contributed by atoms with Crippen molar-refractivity contribution < 1.29 is 4.79 Å². The number of pyridine rings is 1. The second kappa shape index (κ2) is 6.70. The Labute approximate surface area is 151 Å². The molecule has 1 amide bonds. The molecule has 4 heterocycles. The van der Waals surface area contributed by atoms with E-state index in [0.717, 1.165) is 17.8 Å². The van der Waals surface area contributed by atoms with E-state index in [9.17, 15) is 4.79 Å². The first-order chi connectivity index (χ1) is 12.7. The molecule has 26 heavy (non-hydrogen) atoms. The van der Waals surface area contributed by atoms with E-state index in [0.29, 0.717) is 24.6 Å². The molecule has 0 aromatic carbocycles. The lowest BCUT2D eigenvalue weighted by Gasteiger charge is -2.38. The van der Waals surface area contributed by atoms with Crippen LogP contribution in [0.2, 0.25) is 0 Å². The molecule has 1 aliphatic heterocycles. The average molecular weight is 351 g/mol. The minimum absolute atomic E-state index is 0.0509. The summed E-state index contributed by atoms with van der Waals surface area (Å²) in [6.45, 7) is 5.48. The van der Waals surface area contributed by atoms with Crippen LogP contribution in [-0.4, -0.2) is 47.3 Å². The fourth-order valence-electron chi connectivity index (χ4n) is 3.38. The maximum absolute atomic E-state index is 13.0. The standard InChI is InChI=1S/C18H21N7O/c1-3-12(2)15-17-21-16(13-5-4-7-19-11-13)23-25(17)10-9-24(15)18(26)14-6-8-20-22-14/h4-8,11-12,15H,3,9-10H2,1-2H3,(H,20,22)/t12-,15-/m0/s1. The number of nitrogens with zero attached hydrogens (tertiary/aromatic N) is 6. The molecule has 0 saturated heterocycles.